The van der Waals surface area contributed by atoms with Crippen LogP contribution in [0.4, 0.5) is 5.69 Å². The van der Waals surface area contributed by atoms with Crippen molar-refractivity contribution in [3.8, 4) is 0 Å². The van der Waals surface area contributed by atoms with E-state index in [1.807, 2.05) is 23.2 Å². The summed E-state index contributed by atoms with van der Waals surface area (Å²) in [5, 5.41) is 13.0. The molecule has 1 aliphatic rings. The van der Waals surface area contributed by atoms with E-state index < -0.39 is 0 Å². The number of anilines is 1. The fourth-order valence-electron chi connectivity index (χ4n) is 2.44. The molecule has 7 heteroatoms. The number of aromatic nitrogens is 2. The zero-order chi connectivity index (χ0) is 14.8. The summed E-state index contributed by atoms with van der Waals surface area (Å²) in [7, 11) is 0. The standard InChI is InChI=1S/C14H17ClN4OS/c1-9-8-21-13(12(9)15)14(20)18-10-6-17-19(7-10)11-2-4-16-5-3-11/h6-8,11,16H,2-5H2,1H3,(H,18,20). The summed E-state index contributed by atoms with van der Waals surface area (Å²) in [5.74, 6) is -0.178. The predicted octanol–water partition coefficient (Wildman–Crippen LogP) is 3.08. The van der Waals surface area contributed by atoms with Gasteiger partial charge in [0.2, 0.25) is 0 Å². The molecule has 0 aromatic carbocycles. The van der Waals surface area contributed by atoms with Crippen molar-refractivity contribution in [2.45, 2.75) is 25.8 Å². The molecular formula is C14H17ClN4OS. The lowest BCUT2D eigenvalue weighted by Crippen LogP contribution is -2.29. The number of hydrogen-bond donors (Lipinski definition) is 2. The van der Waals surface area contributed by atoms with Crippen LogP contribution in [0.3, 0.4) is 0 Å². The number of thiophene rings is 1. The number of rotatable bonds is 3. The SMILES string of the molecule is Cc1csc(C(=O)Nc2cnn(C3CCNCC3)c2)c1Cl. The quantitative estimate of drug-likeness (QED) is 0.912. The van der Waals surface area contributed by atoms with Crippen LogP contribution >= 0.6 is 22.9 Å². The van der Waals surface area contributed by atoms with Crippen molar-refractivity contribution in [2.24, 2.45) is 0 Å². The van der Waals surface area contributed by atoms with E-state index in [1.165, 1.54) is 11.3 Å². The number of nitrogens with one attached hydrogen (secondary N) is 2. The predicted molar refractivity (Wildman–Crippen MR) is 85.4 cm³/mol. The van der Waals surface area contributed by atoms with Gasteiger partial charge in [0.25, 0.3) is 5.91 Å². The summed E-state index contributed by atoms with van der Waals surface area (Å²) in [5.41, 5.74) is 1.64. The molecule has 0 aliphatic carbocycles. The van der Waals surface area contributed by atoms with Crippen LogP contribution in [0.25, 0.3) is 0 Å². The van der Waals surface area contributed by atoms with Gasteiger partial charge in [-0.3, -0.25) is 9.48 Å². The van der Waals surface area contributed by atoms with Crippen molar-refractivity contribution in [1.29, 1.82) is 0 Å². The number of carbonyl (C=O) groups is 1. The van der Waals surface area contributed by atoms with Gasteiger partial charge < -0.3 is 10.6 Å². The molecule has 1 amide bonds. The Hall–Kier alpha value is -1.37. The van der Waals surface area contributed by atoms with Crippen molar-refractivity contribution in [3.63, 3.8) is 0 Å². The highest BCUT2D eigenvalue weighted by atomic mass is 35.5. The Morgan fingerprint density at radius 1 is 1.52 bits per heavy atom. The molecule has 1 fully saturated rings. The van der Waals surface area contributed by atoms with Crippen LogP contribution in [0.1, 0.15) is 34.1 Å². The van der Waals surface area contributed by atoms with Crippen LogP contribution in [0.15, 0.2) is 17.8 Å². The van der Waals surface area contributed by atoms with Gasteiger partial charge in [-0.25, -0.2) is 0 Å². The van der Waals surface area contributed by atoms with Gasteiger partial charge in [0.05, 0.1) is 22.9 Å². The fourth-order valence-corrected chi connectivity index (χ4v) is 3.62. The Labute approximate surface area is 132 Å². The molecule has 1 aliphatic heterocycles. The average molecular weight is 325 g/mol. The highest BCUT2D eigenvalue weighted by molar-refractivity contribution is 7.13. The van der Waals surface area contributed by atoms with Gasteiger partial charge in [0, 0.05) is 6.20 Å². The molecular weight excluding hydrogens is 308 g/mol. The highest BCUT2D eigenvalue weighted by Gasteiger charge is 2.18. The van der Waals surface area contributed by atoms with E-state index in [9.17, 15) is 4.79 Å². The van der Waals surface area contributed by atoms with E-state index in [0.29, 0.717) is 21.6 Å². The molecule has 0 atom stereocenters. The number of aryl methyl sites for hydroxylation is 1. The third-order valence-electron chi connectivity index (χ3n) is 3.65. The Kier molecular flexibility index (Phi) is 4.28. The maximum absolute atomic E-state index is 12.2. The first kappa shape index (κ1) is 14.6. The molecule has 0 unspecified atom stereocenters. The van der Waals surface area contributed by atoms with Crippen LogP contribution in [0.5, 0.6) is 0 Å². The number of amides is 1. The molecule has 0 bridgehead atoms. The molecule has 2 N–H and O–H groups in total. The van der Waals surface area contributed by atoms with E-state index >= 15 is 0 Å². The third-order valence-corrected chi connectivity index (χ3v) is 5.34. The number of piperidine rings is 1. The van der Waals surface area contributed by atoms with Gasteiger partial charge in [-0.1, -0.05) is 11.6 Å². The van der Waals surface area contributed by atoms with E-state index in [4.69, 9.17) is 11.6 Å². The molecule has 3 rings (SSSR count). The van der Waals surface area contributed by atoms with Gasteiger partial charge in [-0.05, 0) is 43.8 Å². The van der Waals surface area contributed by atoms with Crippen LogP contribution < -0.4 is 10.6 Å². The zero-order valence-electron chi connectivity index (χ0n) is 11.7. The summed E-state index contributed by atoms with van der Waals surface area (Å²) < 4.78 is 1.94. The van der Waals surface area contributed by atoms with Gasteiger partial charge >= 0.3 is 0 Å². The minimum absolute atomic E-state index is 0.178. The van der Waals surface area contributed by atoms with E-state index in [-0.39, 0.29) is 5.91 Å². The molecule has 0 spiro atoms. The second-order valence-electron chi connectivity index (χ2n) is 5.21. The Balaban J connectivity index is 1.69. The lowest BCUT2D eigenvalue weighted by atomic mass is 10.1. The first-order chi connectivity index (χ1) is 10.1. The van der Waals surface area contributed by atoms with Crippen molar-refractivity contribution in [2.75, 3.05) is 18.4 Å². The Bertz CT molecular complexity index is 645. The summed E-state index contributed by atoms with van der Waals surface area (Å²) >= 11 is 7.48. The summed E-state index contributed by atoms with van der Waals surface area (Å²) in [6.45, 7) is 3.91. The lowest BCUT2D eigenvalue weighted by Gasteiger charge is -2.22. The molecule has 21 heavy (non-hydrogen) atoms. The molecule has 112 valence electrons. The van der Waals surface area contributed by atoms with Crippen molar-refractivity contribution < 1.29 is 4.79 Å². The summed E-state index contributed by atoms with van der Waals surface area (Å²) in [6.07, 6.45) is 5.70. The maximum Gasteiger partial charge on any atom is 0.267 e. The topological polar surface area (TPSA) is 59.0 Å². The number of hydrogen-bond acceptors (Lipinski definition) is 4. The molecule has 2 aromatic rings. The smallest absolute Gasteiger partial charge is 0.267 e. The minimum atomic E-state index is -0.178. The Morgan fingerprint density at radius 2 is 2.29 bits per heavy atom. The van der Waals surface area contributed by atoms with Crippen LogP contribution in [-0.4, -0.2) is 28.8 Å². The molecule has 3 heterocycles. The third kappa shape index (κ3) is 3.12. The zero-order valence-corrected chi connectivity index (χ0v) is 13.3. The van der Waals surface area contributed by atoms with Crippen molar-refractivity contribution in [3.05, 3.63) is 33.2 Å². The maximum atomic E-state index is 12.2. The van der Waals surface area contributed by atoms with Crippen molar-refractivity contribution >= 4 is 34.5 Å². The average Bonchev–Trinajstić information content (AvgIpc) is 3.08. The van der Waals surface area contributed by atoms with Crippen LogP contribution in [0.2, 0.25) is 5.02 Å². The molecule has 2 aromatic heterocycles. The van der Waals surface area contributed by atoms with Gasteiger partial charge in [-0.15, -0.1) is 11.3 Å². The van der Waals surface area contributed by atoms with Gasteiger partial charge in [0.1, 0.15) is 4.88 Å². The Morgan fingerprint density at radius 3 is 2.95 bits per heavy atom. The lowest BCUT2D eigenvalue weighted by molar-refractivity contribution is 0.103. The minimum Gasteiger partial charge on any atom is -0.319 e. The molecule has 1 saturated heterocycles. The van der Waals surface area contributed by atoms with Gasteiger partial charge in [-0.2, -0.15) is 5.10 Å². The molecule has 0 radical (unpaired) electrons. The van der Waals surface area contributed by atoms with Crippen molar-refractivity contribution in [1.82, 2.24) is 15.1 Å². The van der Waals surface area contributed by atoms with Crippen LogP contribution in [-0.2, 0) is 0 Å². The van der Waals surface area contributed by atoms with E-state index in [0.717, 1.165) is 31.5 Å². The van der Waals surface area contributed by atoms with E-state index in [1.54, 1.807) is 6.20 Å². The molecule has 0 saturated carbocycles. The van der Waals surface area contributed by atoms with Crippen LogP contribution in [0, 0.1) is 6.92 Å². The first-order valence-corrected chi connectivity index (χ1v) is 8.20. The second-order valence-corrected chi connectivity index (χ2v) is 6.46. The van der Waals surface area contributed by atoms with Gasteiger partial charge in [0.15, 0.2) is 0 Å². The second kappa shape index (κ2) is 6.17. The number of nitrogens with zero attached hydrogens (tertiary/aromatic N) is 2. The normalized spacial score (nSPS) is 16.1. The number of halogens is 1. The molecule has 5 nitrogen and oxygen atoms in total. The monoisotopic (exact) mass is 324 g/mol. The number of carbonyl (C=O) groups excluding carboxylic acids is 1. The summed E-state index contributed by atoms with van der Waals surface area (Å²) in [6, 6.07) is 0.407. The first-order valence-electron chi connectivity index (χ1n) is 6.95. The highest BCUT2D eigenvalue weighted by Crippen LogP contribution is 2.28. The summed E-state index contributed by atoms with van der Waals surface area (Å²) in [4.78, 5) is 12.7. The largest absolute Gasteiger partial charge is 0.319 e. The fraction of sp³-hybridized carbons (Fsp3) is 0.429. The van der Waals surface area contributed by atoms with E-state index in [2.05, 4.69) is 15.7 Å².